The normalized spacial score (nSPS) is 25.5. The van der Waals surface area contributed by atoms with Gasteiger partial charge in [-0.15, -0.1) is 0 Å². The van der Waals surface area contributed by atoms with Crippen LogP contribution in [0, 0.1) is 0 Å². The molecule has 270 valence electrons. The van der Waals surface area contributed by atoms with Crippen molar-refractivity contribution in [1.29, 1.82) is 0 Å². The Hall–Kier alpha value is -2.19. The number of rotatable bonds is 24. The van der Waals surface area contributed by atoms with Gasteiger partial charge in [-0.1, -0.05) is 75.3 Å². The molecule has 0 saturated heterocycles. The summed E-state index contributed by atoms with van der Waals surface area (Å²) in [7, 11) is -5.09. The standard InChI is InChI=1S/C33H55O13P/c1-3-5-6-7-8-9-10-11-12-13-14-15-16-17-18-19-20-22-27(35)45-25(23-43-26(34)21-4-2)24-44-47(41,42)46-33-31(39)29(37)28(36)30(38)32(33)40/h5-6,8-9,11-12,14-15,25,28-33,36-40H,3-4,7,10,13,16-24H2,1-2H3,(H,41,42)/b6-5-,9-8-,12-11-,15-14-. The molecule has 1 rings (SSSR count). The van der Waals surface area contributed by atoms with Crippen molar-refractivity contribution in [3.05, 3.63) is 48.6 Å². The molecule has 1 saturated carbocycles. The Morgan fingerprint density at radius 2 is 1.21 bits per heavy atom. The molecule has 14 heteroatoms. The van der Waals surface area contributed by atoms with Gasteiger partial charge in [0.05, 0.1) is 6.61 Å². The quantitative estimate of drug-likeness (QED) is 0.0370. The van der Waals surface area contributed by atoms with Crippen LogP contribution in [0.25, 0.3) is 0 Å². The summed E-state index contributed by atoms with van der Waals surface area (Å²) in [5, 5.41) is 49.4. The lowest BCUT2D eigenvalue weighted by Crippen LogP contribution is -2.64. The molecular formula is C33H55O13P. The highest BCUT2D eigenvalue weighted by Gasteiger charge is 2.51. The summed E-state index contributed by atoms with van der Waals surface area (Å²) in [6.07, 6.45) is 12.6. The highest BCUT2D eigenvalue weighted by Crippen LogP contribution is 2.47. The third kappa shape index (κ3) is 18.8. The van der Waals surface area contributed by atoms with Crippen LogP contribution in [0.3, 0.4) is 0 Å². The zero-order valence-corrected chi connectivity index (χ0v) is 28.4. The van der Waals surface area contributed by atoms with E-state index in [9.17, 15) is 44.6 Å². The van der Waals surface area contributed by atoms with E-state index >= 15 is 0 Å². The van der Waals surface area contributed by atoms with Crippen molar-refractivity contribution >= 4 is 19.8 Å². The monoisotopic (exact) mass is 690 g/mol. The van der Waals surface area contributed by atoms with Crippen LogP contribution in [0.15, 0.2) is 48.6 Å². The Morgan fingerprint density at radius 3 is 1.79 bits per heavy atom. The Labute approximate surface area is 278 Å². The maximum Gasteiger partial charge on any atom is 0.472 e. The maximum absolute atomic E-state index is 12.5. The fourth-order valence-electron chi connectivity index (χ4n) is 4.49. The molecule has 1 aliphatic carbocycles. The van der Waals surface area contributed by atoms with Gasteiger partial charge in [0, 0.05) is 12.8 Å². The fraction of sp³-hybridized carbons (Fsp3) is 0.697. The van der Waals surface area contributed by atoms with E-state index in [1.54, 1.807) is 6.92 Å². The van der Waals surface area contributed by atoms with Crippen LogP contribution in [0.5, 0.6) is 0 Å². The molecule has 1 fully saturated rings. The van der Waals surface area contributed by atoms with E-state index in [0.717, 1.165) is 51.4 Å². The average Bonchev–Trinajstić information content (AvgIpc) is 3.04. The topological polar surface area (TPSA) is 210 Å². The first-order valence-corrected chi connectivity index (χ1v) is 17.9. The molecule has 6 N–H and O–H groups in total. The van der Waals surface area contributed by atoms with Crippen molar-refractivity contribution in [2.75, 3.05) is 13.2 Å². The van der Waals surface area contributed by atoms with Gasteiger partial charge in [-0.05, 0) is 51.4 Å². The second kappa shape index (κ2) is 24.9. The summed E-state index contributed by atoms with van der Waals surface area (Å²) >= 11 is 0. The van der Waals surface area contributed by atoms with Crippen LogP contribution in [0.4, 0.5) is 0 Å². The highest BCUT2D eigenvalue weighted by atomic mass is 31.2. The molecule has 13 nitrogen and oxygen atoms in total. The van der Waals surface area contributed by atoms with E-state index in [2.05, 4.69) is 55.5 Å². The van der Waals surface area contributed by atoms with E-state index in [1.165, 1.54) is 0 Å². The number of unbranched alkanes of at least 4 members (excludes halogenated alkanes) is 4. The van der Waals surface area contributed by atoms with Crippen molar-refractivity contribution in [3.8, 4) is 0 Å². The SMILES string of the molecule is CC/C=C\C/C=C\C/C=C\C/C=C\CCCCCCC(=O)OC(COC(=O)CCC)COP(=O)(O)OC1C(O)C(O)C(O)C(O)C1O. The predicted octanol–water partition coefficient (Wildman–Crippen LogP) is 3.71. The van der Waals surface area contributed by atoms with Crippen molar-refractivity contribution in [2.45, 2.75) is 134 Å². The Balaban J connectivity index is 2.43. The number of ether oxygens (including phenoxy) is 2. The first-order valence-electron chi connectivity index (χ1n) is 16.4. The van der Waals surface area contributed by atoms with Gasteiger partial charge in [0.15, 0.2) is 6.10 Å². The molecule has 6 atom stereocenters. The van der Waals surface area contributed by atoms with Gasteiger partial charge in [0.25, 0.3) is 0 Å². The lowest BCUT2D eigenvalue weighted by molar-refractivity contribution is -0.220. The van der Waals surface area contributed by atoms with Crippen molar-refractivity contribution in [1.82, 2.24) is 0 Å². The number of hydrogen-bond acceptors (Lipinski definition) is 12. The number of aliphatic hydroxyl groups is 5. The third-order valence-corrected chi connectivity index (χ3v) is 8.14. The van der Waals surface area contributed by atoms with Crippen molar-refractivity contribution in [2.24, 2.45) is 0 Å². The zero-order valence-electron chi connectivity index (χ0n) is 27.5. The largest absolute Gasteiger partial charge is 0.472 e. The highest BCUT2D eigenvalue weighted by molar-refractivity contribution is 7.47. The summed E-state index contributed by atoms with van der Waals surface area (Å²) in [5.41, 5.74) is 0. The number of phosphoric ester groups is 1. The molecule has 0 aliphatic heterocycles. The van der Waals surface area contributed by atoms with Crippen LogP contribution in [-0.2, 0) is 32.7 Å². The minimum atomic E-state index is -5.09. The average molecular weight is 691 g/mol. The van der Waals surface area contributed by atoms with Crippen LogP contribution < -0.4 is 0 Å². The minimum absolute atomic E-state index is 0.0647. The molecule has 0 aromatic carbocycles. The number of phosphoric acid groups is 1. The maximum atomic E-state index is 12.5. The number of carbonyl (C=O) groups excluding carboxylic acids is 2. The number of hydrogen-bond donors (Lipinski definition) is 6. The van der Waals surface area contributed by atoms with Crippen molar-refractivity contribution in [3.63, 3.8) is 0 Å². The van der Waals surface area contributed by atoms with E-state index < -0.39 is 75.7 Å². The second-order valence-corrected chi connectivity index (χ2v) is 12.7. The van der Waals surface area contributed by atoms with E-state index in [0.29, 0.717) is 12.8 Å². The van der Waals surface area contributed by atoms with Crippen LogP contribution in [-0.4, -0.2) is 98.3 Å². The van der Waals surface area contributed by atoms with E-state index in [4.69, 9.17) is 18.5 Å². The Kier molecular flexibility index (Phi) is 22.7. The van der Waals surface area contributed by atoms with Gasteiger partial charge in [-0.25, -0.2) is 4.57 Å². The molecule has 0 aromatic heterocycles. The molecular weight excluding hydrogens is 635 g/mol. The summed E-state index contributed by atoms with van der Waals surface area (Å²) < 4.78 is 32.6. The molecule has 0 amide bonds. The van der Waals surface area contributed by atoms with Gasteiger partial charge < -0.3 is 39.9 Å². The minimum Gasteiger partial charge on any atom is -0.462 e. The Morgan fingerprint density at radius 1 is 0.681 bits per heavy atom. The Bertz CT molecular complexity index is 1030. The van der Waals surface area contributed by atoms with Gasteiger partial charge in [0.2, 0.25) is 0 Å². The summed E-state index contributed by atoms with van der Waals surface area (Å²) in [6.45, 7) is 2.67. The lowest BCUT2D eigenvalue weighted by Gasteiger charge is -2.41. The molecule has 0 heterocycles. The van der Waals surface area contributed by atoms with E-state index in [-0.39, 0.29) is 12.8 Å². The number of allylic oxidation sites excluding steroid dienone is 8. The fourth-order valence-corrected chi connectivity index (χ4v) is 5.46. The molecule has 0 spiro atoms. The molecule has 47 heavy (non-hydrogen) atoms. The van der Waals surface area contributed by atoms with Crippen LogP contribution in [0.1, 0.15) is 90.9 Å². The van der Waals surface area contributed by atoms with Crippen LogP contribution >= 0.6 is 7.82 Å². The second-order valence-electron chi connectivity index (χ2n) is 11.3. The molecule has 1 aliphatic rings. The number of carbonyl (C=O) groups is 2. The first-order chi connectivity index (χ1) is 22.4. The summed E-state index contributed by atoms with van der Waals surface area (Å²) in [5.74, 6) is -1.20. The van der Waals surface area contributed by atoms with Crippen LogP contribution in [0.2, 0.25) is 0 Å². The molecule has 6 unspecified atom stereocenters. The number of aliphatic hydroxyl groups excluding tert-OH is 5. The third-order valence-electron chi connectivity index (χ3n) is 7.15. The van der Waals surface area contributed by atoms with E-state index in [1.807, 2.05) is 0 Å². The number of esters is 2. The van der Waals surface area contributed by atoms with Gasteiger partial charge in [-0.2, -0.15) is 0 Å². The summed E-state index contributed by atoms with van der Waals surface area (Å²) in [6, 6.07) is 0. The zero-order chi connectivity index (χ0) is 35.1. The van der Waals surface area contributed by atoms with Crippen molar-refractivity contribution < 1.29 is 63.1 Å². The molecule has 0 bridgehead atoms. The molecule has 0 aromatic rings. The summed E-state index contributed by atoms with van der Waals surface area (Å²) in [4.78, 5) is 34.5. The smallest absolute Gasteiger partial charge is 0.462 e. The van der Waals surface area contributed by atoms with Gasteiger partial charge in [0.1, 0.15) is 43.2 Å². The first kappa shape index (κ1) is 42.8. The lowest BCUT2D eigenvalue weighted by atomic mass is 9.85. The predicted molar refractivity (Wildman–Crippen MR) is 175 cm³/mol. The van der Waals surface area contributed by atoms with Gasteiger partial charge in [-0.3, -0.25) is 18.6 Å². The molecule has 0 radical (unpaired) electrons. The van der Waals surface area contributed by atoms with Gasteiger partial charge >= 0.3 is 19.8 Å².